The van der Waals surface area contributed by atoms with Crippen molar-refractivity contribution in [2.45, 2.75) is 0 Å². The van der Waals surface area contributed by atoms with Crippen molar-refractivity contribution in [3.05, 3.63) is 85.1 Å². The van der Waals surface area contributed by atoms with Crippen molar-refractivity contribution in [2.75, 3.05) is 0 Å². The fourth-order valence-corrected chi connectivity index (χ4v) is 4.03. The highest BCUT2D eigenvalue weighted by molar-refractivity contribution is 6.00. The Bertz CT molecular complexity index is 1620. The maximum Gasteiger partial charge on any atom is 0.134 e. The van der Waals surface area contributed by atoms with Gasteiger partial charge in [-0.15, -0.1) is 0 Å². The van der Waals surface area contributed by atoms with Gasteiger partial charge in [-0.05, 0) is 48.0 Å². The lowest BCUT2D eigenvalue weighted by Gasteiger charge is -2.02. The van der Waals surface area contributed by atoms with E-state index in [1.54, 1.807) is 24.5 Å². The Balaban J connectivity index is 1.51. The first kappa shape index (κ1) is 18.3. The highest BCUT2D eigenvalue weighted by Crippen LogP contribution is 2.34. The lowest BCUT2D eigenvalue weighted by Crippen LogP contribution is -1.85. The molecule has 4 heterocycles. The summed E-state index contributed by atoms with van der Waals surface area (Å²) in [7, 11) is 0. The summed E-state index contributed by atoms with van der Waals surface area (Å²) < 4.78 is 13.8. The summed E-state index contributed by atoms with van der Waals surface area (Å²) in [6, 6.07) is 17.9. The first-order valence-corrected chi connectivity index (χ1v) is 10.0. The molecular formula is C25H16FN5O. The average molecular weight is 421 g/mol. The Morgan fingerprint density at radius 3 is 2.56 bits per heavy atom. The van der Waals surface area contributed by atoms with E-state index >= 15 is 0 Å². The van der Waals surface area contributed by atoms with Gasteiger partial charge in [0.15, 0.2) is 0 Å². The molecule has 7 heteroatoms. The second kappa shape index (κ2) is 7.02. The topological polar surface area (TPSA) is 90.5 Å². The quantitative estimate of drug-likeness (QED) is 0.343. The van der Waals surface area contributed by atoms with Crippen LogP contribution in [0.2, 0.25) is 0 Å². The number of nitrogens with one attached hydrogen (secondary N) is 2. The SMILES string of the molecule is Oc1cncc(-c2ccc3[nH]nc(-c4cc5c(-c6cccc(F)c6)nccc5[nH]4)c3c2)c1. The summed E-state index contributed by atoms with van der Waals surface area (Å²) in [6.45, 7) is 0. The van der Waals surface area contributed by atoms with Crippen LogP contribution in [0.25, 0.3) is 55.6 Å². The molecule has 0 amide bonds. The summed E-state index contributed by atoms with van der Waals surface area (Å²) in [5.41, 5.74) is 6.51. The number of rotatable bonds is 3. The van der Waals surface area contributed by atoms with E-state index in [2.05, 4.69) is 25.1 Å². The average Bonchev–Trinajstić information content (AvgIpc) is 3.42. The molecule has 0 radical (unpaired) electrons. The maximum absolute atomic E-state index is 13.8. The minimum atomic E-state index is -0.302. The zero-order chi connectivity index (χ0) is 21.7. The molecule has 0 fully saturated rings. The highest BCUT2D eigenvalue weighted by atomic mass is 19.1. The summed E-state index contributed by atoms with van der Waals surface area (Å²) in [5.74, 6) is -0.188. The third-order valence-electron chi connectivity index (χ3n) is 5.52. The molecule has 0 bridgehead atoms. The fourth-order valence-electron chi connectivity index (χ4n) is 4.03. The van der Waals surface area contributed by atoms with Crippen molar-refractivity contribution in [2.24, 2.45) is 0 Å². The van der Waals surface area contributed by atoms with Crippen molar-refractivity contribution in [3.63, 3.8) is 0 Å². The molecule has 154 valence electrons. The monoisotopic (exact) mass is 421 g/mol. The zero-order valence-electron chi connectivity index (χ0n) is 16.7. The van der Waals surface area contributed by atoms with Gasteiger partial charge in [-0.3, -0.25) is 15.1 Å². The van der Waals surface area contributed by atoms with Gasteiger partial charge in [-0.1, -0.05) is 18.2 Å². The van der Waals surface area contributed by atoms with Gasteiger partial charge < -0.3 is 10.1 Å². The molecule has 0 unspecified atom stereocenters. The Morgan fingerprint density at radius 2 is 1.69 bits per heavy atom. The van der Waals surface area contributed by atoms with E-state index in [4.69, 9.17) is 0 Å². The fraction of sp³-hybridized carbons (Fsp3) is 0. The molecule has 32 heavy (non-hydrogen) atoms. The molecule has 0 saturated heterocycles. The van der Waals surface area contributed by atoms with E-state index in [0.717, 1.165) is 44.3 Å². The van der Waals surface area contributed by atoms with Crippen LogP contribution in [0.4, 0.5) is 4.39 Å². The van der Waals surface area contributed by atoms with Gasteiger partial charge in [-0.25, -0.2) is 4.39 Å². The molecule has 0 spiro atoms. The predicted molar refractivity (Wildman–Crippen MR) is 121 cm³/mol. The Hall–Kier alpha value is -4.52. The van der Waals surface area contributed by atoms with Crippen LogP contribution in [0.3, 0.4) is 0 Å². The molecule has 0 saturated carbocycles. The van der Waals surface area contributed by atoms with E-state index in [0.29, 0.717) is 11.3 Å². The van der Waals surface area contributed by atoms with Gasteiger partial charge >= 0.3 is 0 Å². The standard InChI is InChI=1S/C25H16FN5O/c26-17-3-1-2-15(8-17)24-20-11-23(29-21(20)6-7-28-24)25-19-10-14(4-5-22(19)30-31-25)16-9-18(32)13-27-12-16/h1-13,29,32H,(H,30,31). The van der Waals surface area contributed by atoms with Crippen LogP contribution in [0.15, 0.2) is 79.3 Å². The number of aromatic nitrogens is 5. The summed E-state index contributed by atoms with van der Waals surface area (Å²) in [5, 5.41) is 19.2. The largest absolute Gasteiger partial charge is 0.506 e. The van der Waals surface area contributed by atoms with Crippen molar-refractivity contribution in [3.8, 4) is 39.5 Å². The highest BCUT2D eigenvalue weighted by Gasteiger charge is 2.15. The van der Waals surface area contributed by atoms with E-state index in [9.17, 15) is 9.50 Å². The van der Waals surface area contributed by atoms with Crippen LogP contribution < -0.4 is 0 Å². The van der Waals surface area contributed by atoms with Crippen molar-refractivity contribution < 1.29 is 9.50 Å². The number of benzene rings is 2. The number of H-pyrrole nitrogens is 2. The van der Waals surface area contributed by atoms with Crippen molar-refractivity contribution >= 4 is 21.8 Å². The molecule has 6 aromatic rings. The first-order valence-electron chi connectivity index (χ1n) is 10.0. The van der Waals surface area contributed by atoms with Crippen molar-refractivity contribution in [1.82, 2.24) is 25.1 Å². The summed E-state index contributed by atoms with van der Waals surface area (Å²) in [6.07, 6.45) is 4.82. The van der Waals surface area contributed by atoms with Crippen LogP contribution in [0.1, 0.15) is 0 Å². The second-order valence-corrected chi connectivity index (χ2v) is 7.58. The van der Waals surface area contributed by atoms with Crippen LogP contribution in [-0.4, -0.2) is 30.3 Å². The van der Waals surface area contributed by atoms with E-state index in [1.807, 2.05) is 36.4 Å². The molecule has 4 aromatic heterocycles. The number of fused-ring (bicyclic) bond motifs is 2. The molecule has 2 aromatic carbocycles. The molecule has 0 aliphatic carbocycles. The van der Waals surface area contributed by atoms with Gasteiger partial charge in [0.25, 0.3) is 0 Å². The van der Waals surface area contributed by atoms with Crippen LogP contribution in [0, 0.1) is 5.82 Å². The maximum atomic E-state index is 13.8. The Morgan fingerprint density at radius 1 is 0.781 bits per heavy atom. The van der Waals surface area contributed by atoms with Crippen molar-refractivity contribution in [1.29, 1.82) is 0 Å². The molecule has 0 aliphatic rings. The number of halogens is 1. The minimum absolute atomic E-state index is 0.114. The van der Waals surface area contributed by atoms with Gasteiger partial charge in [0.05, 0.1) is 23.1 Å². The number of hydrogen-bond acceptors (Lipinski definition) is 4. The first-order chi connectivity index (χ1) is 15.7. The number of nitrogens with zero attached hydrogens (tertiary/aromatic N) is 3. The number of pyridine rings is 2. The lowest BCUT2D eigenvalue weighted by atomic mass is 10.0. The zero-order valence-corrected chi connectivity index (χ0v) is 16.7. The van der Waals surface area contributed by atoms with Crippen LogP contribution in [0.5, 0.6) is 5.75 Å². The van der Waals surface area contributed by atoms with Gasteiger partial charge in [0, 0.05) is 39.8 Å². The summed E-state index contributed by atoms with van der Waals surface area (Å²) >= 11 is 0. The van der Waals surface area contributed by atoms with Crippen LogP contribution >= 0.6 is 0 Å². The van der Waals surface area contributed by atoms with Gasteiger partial charge in [-0.2, -0.15) is 5.10 Å². The van der Waals surface area contributed by atoms with E-state index in [1.165, 1.54) is 18.3 Å². The van der Waals surface area contributed by atoms with E-state index in [-0.39, 0.29) is 11.6 Å². The lowest BCUT2D eigenvalue weighted by molar-refractivity contribution is 0.473. The molecule has 6 nitrogen and oxygen atoms in total. The third kappa shape index (κ3) is 2.99. The Kier molecular flexibility index (Phi) is 4.01. The van der Waals surface area contributed by atoms with Gasteiger partial charge in [0.2, 0.25) is 0 Å². The molecular weight excluding hydrogens is 405 g/mol. The predicted octanol–water partition coefficient (Wildman–Crippen LogP) is 5.68. The number of hydrogen-bond donors (Lipinski definition) is 3. The smallest absolute Gasteiger partial charge is 0.134 e. The minimum Gasteiger partial charge on any atom is -0.506 e. The molecule has 0 aliphatic heterocycles. The van der Waals surface area contributed by atoms with Crippen LogP contribution in [-0.2, 0) is 0 Å². The second-order valence-electron chi connectivity index (χ2n) is 7.58. The van der Waals surface area contributed by atoms with Gasteiger partial charge in [0.1, 0.15) is 17.3 Å². The molecule has 0 atom stereocenters. The number of aromatic amines is 2. The Labute approximate surface area is 181 Å². The molecule has 6 rings (SSSR count). The molecule has 3 N–H and O–H groups in total. The normalized spacial score (nSPS) is 11.4. The third-order valence-corrected chi connectivity index (χ3v) is 5.52. The summed E-state index contributed by atoms with van der Waals surface area (Å²) in [4.78, 5) is 12.0. The van der Waals surface area contributed by atoms with E-state index < -0.39 is 0 Å². The number of aromatic hydroxyl groups is 1.